The van der Waals surface area contributed by atoms with Crippen molar-refractivity contribution >= 4 is 9.84 Å². The van der Waals surface area contributed by atoms with Crippen molar-refractivity contribution < 1.29 is 8.42 Å². The average molecular weight is 255 g/mol. The molecule has 0 bridgehead atoms. The molecule has 1 rings (SSSR count). The summed E-state index contributed by atoms with van der Waals surface area (Å²) in [5.74, 6) is 0.586. The van der Waals surface area contributed by atoms with Crippen LogP contribution < -0.4 is 5.73 Å². The van der Waals surface area contributed by atoms with E-state index in [0.717, 1.165) is 25.8 Å². The van der Waals surface area contributed by atoms with Crippen LogP contribution in [0.2, 0.25) is 0 Å². The van der Waals surface area contributed by atoms with E-state index in [2.05, 4.69) is 6.92 Å². The topological polar surface area (TPSA) is 60.2 Å². The van der Waals surface area contributed by atoms with Crippen LogP contribution in [0.1, 0.15) is 25.3 Å². The molecule has 0 heterocycles. The van der Waals surface area contributed by atoms with Gasteiger partial charge in [-0.05, 0) is 49.4 Å². The van der Waals surface area contributed by atoms with E-state index >= 15 is 0 Å². The van der Waals surface area contributed by atoms with Crippen molar-refractivity contribution in [3.05, 3.63) is 29.8 Å². The van der Waals surface area contributed by atoms with Crippen LogP contribution in [0.15, 0.2) is 29.2 Å². The largest absolute Gasteiger partial charge is 0.330 e. The number of sulfone groups is 1. The van der Waals surface area contributed by atoms with Gasteiger partial charge in [0.25, 0.3) is 0 Å². The number of nitrogens with two attached hydrogens (primary N) is 1. The van der Waals surface area contributed by atoms with Gasteiger partial charge in [0.1, 0.15) is 0 Å². The highest BCUT2D eigenvalue weighted by atomic mass is 32.2. The van der Waals surface area contributed by atoms with E-state index in [1.807, 2.05) is 12.1 Å². The number of hydrogen-bond donors (Lipinski definition) is 1. The van der Waals surface area contributed by atoms with Crippen LogP contribution in [0.3, 0.4) is 0 Å². The molecular weight excluding hydrogens is 234 g/mol. The molecule has 0 saturated carbocycles. The molecule has 17 heavy (non-hydrogen) atoms. The van der Waals surface area contributed by atoms with E-state index in [1.54, 1.807) is 12.1 Å². The first-order valence-electron chi connectivity index (χ1n) is 5.92. The Morgan fingerprint density at radius 1 is 1.24 bits per heavy atom. The molecule has 4 heteroatoms. The minimum atomic E-state index is -3.08. The van der Waals surface area contributed by atoms with Crippen molar-refractivity contribution in [2.45, 2.75) is 31.1 Å². The second-order valence-electron chi connectivity index (χ2n) is 4.66. The van der Waals surface area contributed by atoms with E-state index in [9.17, 15) is 8.42 Å². The van der Waals surface area contributed by atoms with Crippen molar-refractivity contribution in [3.63, 3.8) is 0 Å². The summed E-state index contributed by atoms with van der Waals surface area (Å²) in [4.78, 5) is 0.385. The van der Waals surface area contributed by atoms with Gasteiger partial charge in [-0.3, -0.25) is 0 Å². The monoisotopic (exact) mass is 255 g/mol. The Balaban J connectivity index is 2.63. The summed E-state index contributed by atoms with van der Waals surface area (Å²) in [5, 5.41) is 0. The van der Waals surface area contributed by atoms with Crippen LogP contribution in [0.25, 0.3) is 0 Å². The SMILES string of the molecule is C[C@@H](CCCN)Cc1ccc(S(C)(=O)=O)cc1. The number of benzene rings is 1. The van der Waals surface area contributed by atoms with E-state index in [4.69, 9.17) is 5.73 Å². The maximum Gasteiger partial charge on any atom is 0.175 e. The fraction of sp³-hybridized carbons (Fsp3) is 0.538. The third-order valence-electron chi connectivity index (χ3n) is 2.84. The molecule has 1 aromatic carbocycles. The second kappa shape index (κ2) is 6.17. The molecule has 0 unspecified atom stereocenters. The predicted molar refractivity (Wildman–Crippen MR) is 70.7 cm³/mol. The predicted octanol–water partition coefficient (Wildman–Crippen LogP) is 2.01. The van der Waals surface area contributed by atoms with Gasteiger partial charge >= 0.3 is 0 Å². The van der Waals surface area contributed by atoms with Gasteiger partial charge < -0.3 is 5.73 Å². The van der Waals surface area contributed by atoms with Gasteiger partial charge in [-0.2, -0.15) is 0 Å². The van der Waals surface area contributed by atoms with E-state index < -0.39 is 9.84 Å². The summed E-state index contributed by atoms with van der Waals surface area (Å²) in [6, 6.07) is 7.16. The number of rotatable bonds is 6. The zero-order chi connectivity index (χ0) is 12.9. The van der Waals surface area contributed by atoms with Crippen molar-refractivity contribution in [2.24, 2.45) is 11.7 Å². The molecule has 0 aliphatic heterocycles. The maximum absolute atomic E-state index is 11.3. The van der Waals surface area contributed by atoms with Crippen molar-refractivity contribution in [2.75, 3.05) is 12.8 Å². The fourth-order valence-electron chi connectivity index (χ4n) is 1.84. The Morgan fingerprint density at radius 2 is 1.82 bits per heavy atom. The minimum absolute atomic E-state index is 0.385. The Hall–Kier alpha value is -0.870. The lowest BCUT2D eigenvalue weighted by Crippen LogP contribution is -2.05. The zero-order valence-corrected chi connectivity index (χ0v) is 11.3. The van der Waals surface area contributed by atoms with Crippen LogP contribution in [-0.2, 0) is 16.3 Å². The molecule has 0 spiro atoms. The van der Waals surface area contributed by atoms with Crippen molar-refractivity contribution in [1.29, 1.82) is 0 Å². The third kappa shape index (κ3) is 4.88. The summed E-state index contributed by atoms with van der Waals surface area (Å²) in [5.41, 5.74) is 6.65. The quantitative estimate of drug-likeness (QED) is 0.846. The number of hydrogen-bond acceptors (Lipinski definition) is 3. The molecule has 0 aromatic heterocycles. The Kier molecular flexibility index (Phi) is 5.15. The van der Waals surface area contributed by atoms with Crippen molar-refractivity contribution in [3.8, 4) is 0 Å². The minimum Gasteiger partial charge on any atom is -0.330 e. The Bertz CT molecular complexity index is 437. The van der Waals surface area contributed by atoms with E-state index in [1.165, 1.54) is 11.8 Å². The highest BCUT2D eigenvalue weighted by Crippen LogP contribution is 2.16. The molecule has 0 aliphatic rings. The molecule has 0 fully saturated rings. The molecule has 1 atom stereocenters. The Labute approximate surface area is 104 Å². The smallest absolute Gasteiger partial charge is 0.175 e. The molecule has 0 radical (unpaired) electrons. The second-order valence-corrected chi connectivity index (χ2v) is 6.67. The lowest BCUT2D eigenvalue weighted by Gasteiger charge is -2.10. The molecule has 96 valence electrons. The van der Waals surface area contributed by atoms with Gasteiger partial charge in [0.2, 0.25) is 0 Å². The van der Waals surface area contributed by atoms with Crippen molar-refractivity contribution in [1.82, 2.24) is 0 Å². The first-order chi connectivity index (χ1) is 7.93. The molecule has 0 aliphatic carbocycles. The van der Waals surface area contributed by atoms with Crippen LogP contribution in [-0.4, -0.2) is 21.2 Å². The van der Waals surface area contributed by atoms with Crippen LogP contribution in [0.5, 0.6) is 0 Å². The molecule has 1 aromatic rings. The zero-order valence-electron chi connectivity index (χ0n) is 10.5. The van der Waals surface area contributed by atoms with E-state index in [0.29, 0.717) is 10.8 Å². The highest BCUT2D eigenvalue weighted by Gasteiger charge is 2.07. The average Bonchev–Trinajstić information content (AvgIpc) is 2.26. The molecular formula is C13H21NO2S. The lowest BCUT2D eigenvalue weighted by atomic mass is 9.97. The summed E-state index contributed by atoms with van der Waals surface area (Å²) in [7, 11) is -3.08. The fourth-order valence-corrected chi connectivity index (χ4v) is 2.47. The van der Waals surface area contributed by atoms with Crippen LogP contribution in [0, 0.1) is 5.92 Å². The van der Waals surface area contributed by atoms with Gasteiger partial charge in [-0.1, -0.05) is 19.1 Å². The van der Waals surface area contributed by atoms with Crippen LogP contribution in [0.4, 0.5) is 0 Å². The molecule has 0 amide bonds. The normalized spacial score (nSPS) is 13.6. The third-order valence-corrected chi connectivity index (χ3v) is 3.97. The summed E-state index contributed by atoms with van der Waals surface area (Å²) in [6.07, 6.45) is 4.36. The summed E-state index contributed by atoms with van der Waals surface area (Å²) < 4.78 is 22.6. The van der Waals surface area contributed by atoms with Gasteiger partial charge in [-0.25, -0.2) is 8.42 Å². The lowest BCUT2D eigenvalue weighted by molar-refractivity contribution is 0.512. The summed E-state index contributed by atoms with van der Waals surface area (Å²) in [6.45, 7) is 2.93. The Morgan fingerprint density at radius 3 is 2.29 bits per heavy atom. The van der Waals surface area contributed by atoms with Crippen LogP contribution >= 0.6 is 0 Å². The standard InChI is InChI=1S/C13H21NO2S/c1-11(4-3-9-14)10-12-5-7-13(8-6-12)17(2,15)16/h5-8,11H,3-4,9-10,14H2,1-2H3/t11-/m0/s1. The van der Waals surface area contributed by atoms with E-state index in [-0.39, 0.29) is 0 Å². The van der Waals surface area contributed by atoms with Gasteiger partial charge in [0, 0.05) is 6.26 Å². The highest BCUT2D eigenvalue weighted by molar-refractivity contribution is 7.90. The maximum atomic E-state index is 11.3. The van der Waals surface area contributed by atoms with Gasteiger partial charge in [0.05, 0.1) is 4.90 Å². The summed E-state index contributed by atoms with van der Waals surface area (Å²) >= 11 is 0. The van der Waals surface area contributed by atoms with Gasteiger partial charge in [0.15, 0.2) is 9.84 Å². The molecule has 0 saturated heterocycles. The first-order valence-corrected chi connectivity index (χ1v) is 7.81. The van der Waals surface area contributed by atoms with Gasteiger partial charge in [-0.15, -0.1) is 0 Å². The molecule has 3 nitrogen and oxygen atoms in total. The first kappa shape index (κ1) is 14.2. The molecule has 2 N–H and O–H groups in total.